The molecule has 1 aliphatic heterocycles. The van der Waals surface area contributed by atoms with Crippen LogP contribution in [0.25, 0.3) is 0 Å². The van der Waals surface area contributed by atoms with Gasteiger partial charge in [-0.05, 0) is 6.08 Å². The number of carboxylic acids is 1. The van der Waals surface area contributed by atoms with E-state index in [2.05, 4.69) is 9.50 Å². The highest BCUT2D eigenvalue weighted by Crippen LogP contribution is 2.27. The lowest BCUT2D eigenvalue weighted by atomic mass is 10.1. The number of nitrogens with one attached hydrogen (secondary N) is 1. The van der Waals surface area contributed by atoms with Crippen LogP contribution in [0.5, 0.6) is 0 Å². The van der Waals surface area contributed by atoms with E-state index in [-0.39, 0.29) is 13.0 Å². The molecule has 1 unspecified atom stereocenters. The normalized spacial score (nSPS) is 21.8. The highest BCUT2D eigenvalue weighted by Gasteiger charge is 2.49. The van der Waals surface area contributed by atoms with Crippen molar-refractivity contribution in [2.75, 3.05) is 6.54 Å². The van der Waals surface area contributed by atoms with Gasteiger partial charge in [0.2, 0.25) is 0 Å². The van der Waals surface area contributed by atoms with Crippen molar-refractivity contribution >= 4 is 16.1 Å². The minimum atomic E-state index is -5.74. The molecule has 1 atom stereocenters. The van der Waals surface area contributed by atoms with E-state index in [1.807, 2.05) is 0 Å². The summed E-state index contributed by atoms with van der Waals surface area (Å²) < 4.78 is 61.0. The smallest absolute Gasteiger partial charge is 0.480 e. The minimum absolute atomic E-state index is 0.0101. The summed E-state index contributed by atoms with van der Waals surface area (Å²) in [6.07, 6.45) is 0.647. The van der Waals surface area contributed by atoms with Gasteiger partial charge in [0.1, 0.15) is 11.8 Å². The van der Waals surface area contributed by atoms with Gasteiger partial charge in [-0.1, -0.05) is 0 Å². The van der Waals surface area contributed by atoms with Gasteiger partial charge < -0.3 is 14.6 Å². The Hall–Kier alpha value is -1.29. The summed E-state index contributed by atoms with van der Waals surface area (Å²) in [5.41, 5.74) is -5.53. The molecule has 0 spiro atoms. The first-order valence-electron chi connectivity index (χ1n) is 4.31. The molecule has 0 fully saturated rings. The fraction of sp³-hybridized carbons (Fsp3) is 0.571. The topological polar surface area (TPSA) is 92.7 Å². The maximum Gasteiger partial charge on any atom is 0.534 e. The van der Waals surface area contributed by atoms with Crippen molar-refractivity contribution in [1.29, 1.82) is 0 Å². The van der Waals surface area contributed by atoms with Gasteiger partial charge >= 0.3 is 21.6 Å². The first-order chi connectivity index (χ1) is 7.63. The van der Waals surface area contributed by atoms with Crippen molar-refractivity contribution in [1.82, 2.24) is 5.32 Å². The van der Waals surface area contributed by atoms with E-state index < -0.39 is 33.4 Å². The van der Waals surface area contributed by atoms with Crippen LogP contribution in [0.2, 0.25) is 0 Å². The van der Waals surface area contributed by atoms with Crippen molar-refractivity contribution in [2.24, 2.45) is 0 Å². The van der Waals surface area contributed by atoms with Crippen molar-refractivity contribution in [3.8, 4) is 0 Å². The summed E-state index contributed by atoms with van der Waals surface area (Å²) in [6.45, 7) is 0.0101. The van der Waals surface area contributed by atoms with Crippen LogP contribution in [0.3, 0.4) is 0 Å². The average Bonchev–Trinajstić information content (AvgIpc) is 2.15. The van der Waals surface area contributed by atoms with E-state index in [0.717, 1.165) is 6.08 Å². The fourth-order valence-electron chi connectivity index (χ4n) is 1.10. The van der Waals surface area contributed by atoms with Gasteiger partial charge in [-0.25, -0.2) is 0 Å². The second kappa shape index (κ2) is 4.53. The second-order valence-corrected chi connectivity index (χ2v) is 4.67. The number of alkyl halides is 3. The van der Waals surface area contributed by atoms with Crippen LogP contribution in [0.4, 0.5) is 13.2 Å². The van der Waals surface area contributed by atoms with Crippen LogP contribution < -0.4 is 5.32 Å². The maximum atomic E-state index is 12.0. The Bertz CT molecular complexity index is 441. The van der Waals surface area contributed by atoms with E-state index in [4.69, 9.17) is 5.11 Å². The van der Waals surface area contributed by atoms with Crippen LogP contribution in [-0.2, 0) is 19.1 Å². The monoisotopic (exact) mass is 275 g/mol. The van der Waals surface area contributed by atoms with Crippen LogP contribution in [0.15, 0.2) is 11.8 Å². The van der Waals surface area contributed by atoms with Gasteiger partial charge in [-0.3, -0.25) is 4.79 Å². The van der Waals surface area contributed by atoms with Crippen LogP contribution in [0, 0.1) is 0 Å². The Morgan fingerprint density at radius 1 is 1.53 bits per heavy atom. The Morgan fingerprint density at radius 3 is 2.59 bits per heavy atom. The number of halogens is 3. The Morgan fingerprint density at radius 2 is 2.12 bits per heavy atom. The first-order valence-corrected chi connectivity index (χ1v) is 5.72. The van der Waals surface area contributed by atoms with Gasteiger partial charge in [0.15, 0.2) is 0 Å². The molecule has 0 aromatic heterocycles. The lowest BCUT2D eigenvalue weighted by molar-refractivity contribution is -0.138. The molecule has 0 radical (unpaired) electrons. The highest BCUT2D eigenvalue weighted by atomic mass is 32.2. The molecule has 1 rings (SSSR count). The number of hydrogen-bond donors (Lipinski definition) is 2. The predicted octanol–water partition coefficient (Wildman–Crippen LogP) is 0.183. The largest absolute Gasteiger partial charge is 0.534 e. The van der Waals surface area contributed by atoms with Gasteiger partial charge in [0.25, 0.3) is 0 Å². The molecule has 0 bridgehead atoms. The molecule has 0 aromatic carbocycles. The summed E-state index contributed by atoms with van der Waals surface area (Å²) >= 11 is 0. The Labute approximate surface area is 94.2 Å². The average molecular weight is 275 g/mol. The van der Waals surface area contributed by atoms with Crippen LogP contribution in [-0.4, -0.2) is 37.6 Å². The molecule has 1 heterocycles. The van der Waals surface area contributed by atoms with Gasteiger partial charge in [-0.15, -0.1) is 0 Å². The summed E-state index contributed by atoms with van der Waals surface area (Å²) in [7, 11) is -5.74. The van der Waals surface area contributed by atoms with E-state index >= 15 is 0 Å². The molecule has 0 amide bonds. The van der Waals surface area contributed by atoms with Gasteiger partial charge in [0.05, 0.1) is 0 Å². The summed E-state index contributed by atoms with van der Waals surface area (Å²) in [6, 6.07) is -1.26. The van der Waals surface area contributed by atoms with E-state index in [0.29, 0.717) is 0 Å². The Balaban J connectivity index is 2.86. The third-order valence-electron chi connectivity index (χ3n) is 1.85. The van der Waals surface area contributed by atoms with E-state index in [1.165, 1.54) is 0 Å². The number of carbonyl (C=O) groups is 1. The van der Waals surface area contributed by atoms with Crippen LogP contribution in [0.1, 0.15) is 6.42 Å². The second-order valence-electron chi connectivity index (χ2n) is 3.14. The third kappa shape index (κ3) is 3.33. The molecule has 6 nitrogen and oxygen atoms in total. The summed E-state index contributed by atoms with van der Waals surface area (Å²) in [4.78, 5) is 10.5. The molecule has 0 saturated heterocycles. The van der Waals surface area contributed by atoms with Gasteiger partial charge in [-0.2, -0.15) is 21.6 Å². The minimum Gasteiger partial charge on any atom is -0.480 e. The quantitative estimate of drug-likeness (QED) is 0.564. The molecule has 0 aromatic rings. The van der Waals surface area contributed by atoms with Crippen molar-refractivity contribution in [2.45, 2.75) is 18.0 Å². The zero-order valence-electron chi connectivity index (χ0n) is 8.19. The van der Waals surface area contributed by atoms with Crippen molar-refractivity contribution in [3.05, 3.63) is 11.8 Å². The van der Waals surface area contributed by atoms with Crippen molar-refractivity contribution in [3.63, 3.8) is 0 Å². The summed E-state index contributed by atoms with van der Waals surface area (Å²) in [5, 5.41) is 11.0. The standard InChI is InChI=1S/C7H8F3NO5S/c8-7(9,10)17(14,15)16-4-1-2-11-5(3-4)6(12)13/h3,5,11H,1-2H2,(H,12,13). The Kier molecular flexibility index (Phi) is 3.67. The summed E-state index contributed by atoms with van der Waals surface area (Å²) in [5.74, 6) is -1.87. The van der Waals surface area contributed by atoms with E-state index in [1.54, 1.807) is 0 Å². The number of hydrogen-bond acceptors (Lipinski definition) is 5. The zero-order valence-corrected chi connectivity index (χ0v) is 9.01. The predicted molar refractivity (Wildman–Crippen MR) is 48.2 cm³/mol. The zero-order chi connectivity index (χ0) is 13.3. The number of carboxylic acid groups (broad SMARTS) is 1. The molecule has 0 saturated carbocycles. The maximum absolute atomic E-state index is 12.0. The molecule has 17 heavy (non-hydrogen) atoms. The SMILES string of the molecule is O=C(O)C1C=C(OS(=O)(=O)C(F)(F)F)CCN1. The fourth-order valence-corrected chi connectivity index (χ4v) is 1.61. The molecule has 10 heteroatoms. The lowest BCUT2D eigenvalue weighted by Gasteiger charge is -2.20. The molecular formula is C7H8F3NO5S. The van der Waals surface area contributed by atoms with Crippen molar-refractivity contribution < 1.29 is 35.7 Å². The lowest BCUT2D eigenvalue weighted by Crippen LogP contribution is -2.39. The third-order valence-corrected chi connectivity index (χ3v) is 2.85. The number of rotatable bonds is 3. The molecule has 2 N–H and O–H groups in total. The molecule has 98 valence electrons. The van der Waals surface area contributed by atoms with E-state index in [9.17, 15) is 26.4 Å². The molecule has 0 aliphatic carbocycles. The highest BCUT2D eigenvalue weighted by molar-refractivity contribution is 7.87. The molecule has 1 aliphatic rings. The first kappa shape index (κ1) is 13.8. The molecular weight excluding hydrogens is 267 g/mol. The number of aliphatic carboxylic acids is 1. The van der Waals surface area contributed by atoms with Gasteiger partial charge in [0, 0.05) is 13.0 Å². The van der Waals surface area contributed by atoms with Crippen LogP contribution >= 0.6 is 0 Å².